The third kappa shape index (κ3) is 2.34. The molecule has 68 valence electrons. The molecule has 0 aliphatic rings. The van der Waals surface area contributed by atoms with Gasteiger partial charge >= 0.3 is 0 Å². The second-order valence-electron chi connectivity index (χ2n) is 3.52. The molecule has 0 aromatic heterocycles. The molecule has 1 heteroatoms. The lowest BCUT2D eigenvalue weighted by molar-refractivity contribution is 0.0629. The van der Waals surface area contributed by atoms with Crippen LogP contribution >= 0.6 is 0 Å². The number of rotatable bonds is 2. The summed E-state index contributed by atoms with van der Waals surface area (Å²) in [6, 6.07) is 7.77. The lowest BCUT2D eigenvalue weighted by Crippen LogP contribution is -2.20. The largest absolute Gasteiger partial charge is 0.384 e. The minimum absolute atomic E-state index is 0.344. The van der Waals surface area contributed by atoms with Crippen LogP contribution in [0.15, 0.2) is 24.3 Å². The molecule has 1 nitrogen and oxygen atoms in total. The molecule has 0 bridgehead atoms. The highest BCUT2D eigenvalue weighted by Gasteiger charge is 2.21. The van der Waals surface area contributed by atoms with E-state index in [1.54, 1.807) is 6.92 Å². The molecule has 1 rings (SSSR count). The van der Waals surface area contributed by atoms with Crippen LogP contribution in [0.2, 0.25) is 0 Å². The smallest absolute Gasteiger partial charge is 0.0977 e. The lowest BCUT2D eigenvalue weighted by atomic mass is 9.92. The average Bonchev–Trinajstić information content (AvgIpc) is 2.04. The van der Waals surface area contributed by atoms with Crippen molar-refractivity contribution < 1.29 is 5.11 Å². The van der Waals surface area contributed by atoms with E-state index in [-0.39, 0.29) is 0 Å². The maximum Gasteiger partial charge on any atom is 0.0977 e. The number of hydrogen-bond acceptors (Lipinski definition) is 1. The highest BCUT2D eigenvalue weighted by atomic mass is 16.3. The number of benzene rings is 1. The van der Waals surface area contributed by atoms with E-state index in [9.17, 15) is 5.11 Å². The summed E-state index contributed by atoms with van der Waals surface area (Å²) in [6.45, 7) is 3.73. The molecule has 0 fully saturated rings. The maximum absolute atomic E-state index is 9.97. The Labute approximate surface area is 79.4 Å². The van der Waals surface area contributed by atoms with E-state index < -0.39 is 5.60 Å². The molecule has 0 saturated carbocycles. The van der Waals surface area contributed by atoms with Gasteiger partial charge in [-0.05, 0) is 19.4 Å². The molecule has 0 aliphatic carbocycles. The Balaban J connectivity index is 3.01. The first-order valence-electron chi connectivity index (χ1n) is 4.29. The summed E-state index contributed by atoms with van der Waals surface area (Å²) in [7, 11) is 0. The van der Waals surface area contributed by atoms with Crippen molar-refractivity contribution in [3.8, 4) is 12.3 Å². The van der Waals surface area contributed by atoms with Gasteiger partial charge in [-0.15, -0.1) is 12.3 Å². The Hall–Kier alpha value is -1.26. The standard InChI is InChI=1S/C12H14O/c1-4-8-12(3,13)11-7-5-6-10(2)9-11/h1,5-7,9,13H,8H2,2-3H3. The first-order chi connectivity index (χ1) is 6.06. The van der Waals surface area contributed by atoms with E-state index in [1.165, 1.54) is 0 Å². The van der Waals surface area contributed by atoms with Crippen LogP contribution < -0.4 is 0 Å². The normalized spacial score (nSPS) is 14.6. The van der Waals surface area contributed by atoms with Crippen LogP contribution in [-0.2, 0) is 5.60 Å². The van der Waals surface area contributed by atoms with Crippen molar-refractivity contribution in [3.63, 3.8) is 0 Å². The van der Waals surface area contributed by atoms with Crippen molar-refractivity contribution in [1.82, 2.24) is 0 Å². The monoisotopic (exact) mass is 174 g/mol. The summed E-state index contributed by atoms with van der Waals surface area (Å²) >= 11 is 0. The van der Waals surface area contributed by atoms with Crippen LogP contribution in [0.4, 0.5) is 0 Å². The Morgan fingerprint density at radius 1 is 1.54 bits per heavy atom. The molecule has 1 unspecified atom stereocenters. The van der Waals surface area contributed by atoms with Gasteiger partial charge < -0.3 is 5.11 Å². The van der Waals surface area contributed by atoms with E-state index in [1.807, 2.05) is 31.2 Å². The van der Waals surface area contributed by atoms with E-state index in [4.69, 9.17) is 6.42 Å². The van der Waals surface area contributed by atoms with Crippen molar-refractivity contribution in [3.05, 3.63) is 35.4 Å². The zero-order chi connectivity index (χ0) is 9.90. The third-order valence-corrected chi connectivity index (χ3v) is 2.09. The molecule has 1 atom stereocenters. The van der Waals surface area contributed by atoms with Gasteiger partial charge in [0.05, 0.1) is 5.60 Å². The first kappa shape index (κ1) is 9.83. The number of hydrogen-bond donors (Lipinski definition) is 1. The van der Waals surface area contributed by atoms with Crippen molar-refractivity contribution in [2.75, 3.05) is 0 Å². The zero-order valence-corrected chi connectivity index (χ0v) is 8.04. The highest BCUT2D eigenvalue weighted by molar-refractivity contribution is 5.27. The van der Waals surface area contributed by atoms with Crippen molar-refractivity contribution in [1.29, 1.82) is 0 Å². The van der Waals surface area contributed by atoms with Crippen LogP contribution in [0.5, 0.6) is 0 Å². The molecule has 1 aromatic carbocycles. The molecular weight excluding hydrogens is 160 g/mol. The Kier molecular flexibility index (Phi) is 2.75. The summed E-state index contributed by atoms with van der Waals surface area (Å²) in [6.07, 6.45) is 5.52. The second-order valence-corrected chi connectivity index (χ2v) is 3.52. The molecule has 0 spiro atoms. The summed E-state index contributed by atoms with van der Waals surface area (Å²) in [5, 5.41) is 9.97. The van der Waals surface area contributed by atoms with Gasteiger partial charge in [-0.1, -0.05) is 29.8 Å². The topological polar surface area (TPSA) is 20.2 Å². The number of terminal acetylenes is 1. The number of aliphatic hydroxyl groups is 1. The van der Waals surface area contributed by atoms with Crippen molar-refractivity contribution >= 4 is 0 Å². The predicted molar refractivity (Wildman–Crippen MR) is 54.2 cm³/mol. The molecule has 0 amide bonds. The quantitative estimate of drug-likeness (QED) is 0.682. The van der Waals surface area contributed by atoms with Crippen LogP contribution in [0.1, 0.15) is 24.5 Å². The average molecular weight is 174 g/mol. The van der Waals surface area contributed by atoms with Crippen LogP contribution in [-0.4, -0.2) is 5.11 Å². The van der Waals surface area contributed by atoms with Crippen molar-refractivity contribution in [2.24, 2.45) is 0 Å². The Bertz CT molecular complexity index is 331. The molecule has 1 aromatic rings. The van der Waals surface area contributed by atoms with Gasteiger partial charge in [-0.25, -0.2) is 0 Å². The fourth-order valence-electron chi connectivity index (χ4n) is 1.28. The maximum atomic E-state index is 9.97. The predicted octanol–water partition coefficient (Wildman–Crippen LogP) is 2.23. The molecule has 0 radical (unpaired) electrons. The van der Waals surface area contributed by atoms with Crippen LogP contribution in [0.25, 0.3) is 0 Å². The first-order valence-corrected chi connectivity index (χ1v) is 4.29. The van der Waals surface area contributed by atoms with E-state index >= 15 is 0 Å². The molecule has 0 saturated heterocycles. The molecule has 0 aliphatic heterocycles. The summed E-state index contributed by atoms with van der Waals surface area (Å²) in [4.78, 5) is 0. The number of aryl methyl sites for hydroxylation is 1. The third-order valence-electron chi connectivity index (χ3n) is 2.09. The van der Waals surface area contributed by atoms with Gasteiger partial charge in [0.15, 0.2) is 0 Å². The lowest BCUT2D eigenvalue weighted by Gasteiger charge is -2.21. The summed E-state index contributed by atoms with van der Waals surface area (Å²) in [5.41, 5.74) is 1.11. The molecule has 13 heavy (non-hydrogen) atoms. The fourth-order valence-corrected chi connectivity index (χ4v) is 1.28. The van der Waals surface area contributed by atoms with Gasteiger partial charge in [0.2, 0.25) is 0 Å². The highest BCUT2D eigenvalue weighted by Crippen LogP contribution is 2.24. The molecule has 0 heterocycles. The molecule has 1 N–H and O–H groups in total. The van der Waals surface area contributed by atoms with Gasteiger partial charge in [-0.2, -0.15) is 0 Å². The van der Waals surface area contributed by atoms with Crippen LogP contribution in [0, 0.1) is 19.3 Å². The van der Waals surface area contributed by atoms with Gasteiger partial charge in [0.1, 0.15) is 0 Å². The minimum atomic E-state index is -0.902. The molecular formula is C12H14O. The summed E-state index contributed by atoms with van der Waals surface area (Å²) in [5.74, 6) is 2.48. The Morgan fingerprint density at radius 2 is 2.23 bits per heavy atom. The van der Waals surface area contributed by atoms with Crippen LogP contribution in [0.3, 0.4) is 0 Å². The van der Waals surface area contributed by atoms with E-state index in [0.29, 0.717) is 6.42 Å². The second kappa shape index (κ2) is 3.64. The van der Waals surface area contributed by atoms with E-state index in [2.05, 4.69) is 5.92 Å². The Morgan fingerprint density at radius 3 is 2.77 bits per heavy atom. The summed E-state index contributed by atoms with van der Waals surface area (Å²) < 4.78 is 0. The SMILES string of the molecule is C#CCC(C)(O)c1cccc(C)c1. The minimum Gasteiger partial charge on any atom is -0.384 e. The van der Waals surface area contributed by atoms with Gasteiger partial charge in [0.25, 0.3) is 0 Å². The fraction of sp³-hybridized carbons (Fsp3) is 0.333. The van der Waals surface area contributed by atoms with Gasteiger partial charge in [0, 0.05) is 6.42 Å². The van der Waals surface area contributed by atoms with E-state index in [0.717, 1.165) is 11.1 Å². The zero-order valence-electron chi connectivity index (χ0n) is 8.04. The van der Waals surface area contributed by atoms with Gasteiger partial charge in [-0.3, -0.25) is 0 Å². The van der Waals surface area contributed by atoms with Crippen molar-refractivity contribution in [2.45, 2.75) is 25.9 Å².